The number of ether oxygens (including phenoxy) is 1. The zero-order valence-corrected chi connectivity index (χ0v) is 14.0. The van der Waals surface area contributed by atoms with Gasteiger partial charge in [-0.3, -0.25) is 4.79 Å². The zero-order valence-electron chi connectivity index (χ0n) is 13.3. The largest absolute Gasteiger partial charge is 0.462 e. The fourth-order valence-electron chi connectivity index (χ4n) is 1.93. The van der Waals surface area contributed by atoms with Crippen molar-refractivity contribution in [1.82, 2.24) is 0 Å². The van der Waals surface area contributed by atoms with Gasteiger partial charge in [-0.15, -0.1) is 0 Å². The molecule has 0 radical (unpaired) electrons. The van der Waals surface area contributed by atoms with Crippen molar-refractivity contribution in [2.24, 2.45) is 0 Å². The van der Waals surface area contributed by atoms with Crippen LogP contribution in [0.5, 0.6) is 0 Å². The molecule has 0 saturated heterocycles. The summed E-state index contributed by atoms with van der Waals surface area (Å²) in [6.45, 7) is 2.30. The third-order valence-electron chi connectivity index (χ3n) is 3.10. The maximum absolute atomic E-state index is 12.0. The van der Waals surface area contributed by atoms with E-state index in [0.717, 1.165) is 12.0 Å². The summed E-state index contributed by atoms with van der Waals surface area (Å²) >= 11 is 5.81. The number of anilines is 1. The summed E-state index contributed by atoms with van der Waals surface area (Å²) in [5, 5.41) is 3.36. The summed E-state index contributed by atoms with van der Waals surface area (Å²) in [7, 11) is 0. The molecule has 2 rings (SSSR count). The molecule has 0 aliphatic heterocycles. The number of halogens is 1. The molecule has 0 heterocycles. The van der Waals surface area contributed by atoms with Crippen LogP contribution in [0.2, 0.25) is 5.02 Å². The number of carbonyl (C=O) groups excluding carboxylic acids is 2. The summed E-state index contributed by atoms with van der Waals surface area (Å²) in [6.07, 6.45) is 3.87. The predicted molar refractivity (Wildman–Crippen MR) is 96.1 cm³/mol. The standard InChI is InChI=1S/C19H18ClNO3/c1-2-12-24-19(23)15-4-3-5-17(13-15)21-18(22)11-8-14-6-9-16(20)10-7-14/h3-11,13H,2,12H2,1H3,(H,21,22)/b11-8+. The molecule has 0 aliphatic rings. The zero-order chi connectivity index (χ0) is 17.4. The lowest BCUT2D eigenvalue weighted by Crippen LogP contribution is -2.10. The van der Waals surface area contributed by atoms with Gasteiger partial charge in [-0.25, -0.2) is 4.79 Å². The first-order valence-corrected chi connectivity index (χ1v) is 7.98. The Morgan fingerprint density at radius 2 is 1.92 bits per heavy atom. The second-order valence-electron chi connectivity index (χ2n) is 5.09. The maximum Gasteiger partial charge on any atom is 0.338 e. The molecule has 0 unspecified atom stereocenters. The van der Waals surface area contributed by atoms with Crippen molar-refractivity contribution in [2.45, 2.75) is 13.3 Å². The lowest BCUT2D eigenvalue weighted by molar-refractivity contribution is -0.111. The lowest BCUT2D eigenvalue weighted by atomic mass is 10.2. The van der Waals surface area contributed by atoms with E-state index in [9.17, 15) is 9.59 Å². The second-order valence-corrected chi connectivity index (χ2v) is 5.53. The van der Waals surface area contributed by atoms with Gasteiger partial charge in [0.25, 0.3) is 0 Å². The van der Waals surface area contributed by atoms with E-state index >= 15 is 0 Å². The van der Waals surface area contributed by atoms with Crippen molar-refractivity contribution in [2.75, 3.05) is 11.9 Å². The molecule has 24 heavy (non-hydrogen) atoms. The quantitative estimate of drug-likeness (QED) is 0.618. The number of carbonyl (C=O) groups is 2. The van der Waals surface area contributed by atoms with Crippen LogP contribution in [0.25, 0.3) is 6.08 Å². The molecule has 1 N–H and O–H groups in total. The molecule has 124 valence electrons. The van der Waals surface area contributed by atoms with Gasteiger partial charge in [0, 0.05) is 16.8 Å². The van der Waals surface area contributed by atoms with Crippen LogP contribution in [-0.4, -0.2) is 18.5 Å². The number of rotatable bonds is 6. The van der Waals surface area contributed by atoms with E-state index in [1.807, 2.05) is 19.1 Å². The average molecular weight is 344 g/mol. The minimum Gasteiger partial charge on any atom is -0.462 e. The Bertz CT molecular complexity index is 739. The third kappa shape index (κ3) is 5.56. The fourth-order valence-corrected chi connectivity index (χ4v) is 2.06. The van der Waals surface area contributed by atoms with Gasteiger partial charge in [-0.1, -0.05) is 36.7 Å². The van der Waals surface area contributed by atoms with E-state index in [2.05, 4.69) is 5.32 Å². The molecule has 0 atom stereocenters. The van der Waals surface area contributed by atoms with Gasteiger partial charge < -0.3 is 10.1 Å². The first-order valence-electron chi connectivity index (χ1n) is 7.60. The van der Waals surface area contributed by atoms with Crippen LogP contribution in [-0.2, 0) is 9.53 Å². The van der Waals surface area contributed by atoms with Gasteiger partial charge in [0.15, 0.2) is 0 Å². The normalized spacial score (nSPS) is 10.6. The molecule has 4 nitrogen and oxygen atoms in total. The Morgan fingerprint density at radius 3 is 2.62 bits per heavy atom. The third-order valence-corrected chi connectivity index (χ3v) is 3.35. The van der Waals surface area contributed by atoms with Crippen LogP contribution >= 0.6 is 11.6 Å². The van der Waals surface area contributed by atoms with Gasteiger partial charge in [0.1, 0.15) is 0 Å². The van der Waals surface area contributed by atoms with Crippen LogP contribution in [0.3, 0.4) is 0 Å². The molecule has 2 aromatic carbocycles. The number of amides is 1. The molecule has 0 bridgehead atoms. The van der Waals surface area contributed by atoms with E-state index in [4.69, 9.17) is 16.3 Å². The Morgan fingerprint density at radius 1 is 1.17 bits per heavy atom. The monoisotopic (exact) mass is 343 g/mol. The average Bonchev–Trinajstić information content (AvgIpc) is 2.59. The van der Waals surface area contributed by atoms with E-state index in [1.54, 1.807) is 42.5 Å². The molecular formula is C19H18ClNO3. The number of hydrogen-bond acceptors (Lipinski definition) is 3. The van der Waals surface area contributed by atoms with Crippen molar-refractivity contribution in [3.8, 4) is 0 Å². The van der Waals surface area contributed by atoms with Crippen molar-refractivity contribution in [3.05, 3.63) is 70.8 Å². The van der Waals surface area contributed by atoms with E-state index in [-0.39, 0.29) is 5.91 Å². The molecule has 2 aromatic rings. The number of nitrogens with one attached hydrogen (secondary N) is 1. The van der Waals surface area contributed by atoms with Gasteiger partial charge >= 0.3 is 5.97 Å². The first kappa shape index (κ1) is 17.8. The second kappa shape index (κ2) is 8.89. The summed E-state index contributed by atoms with van der Waals surface area (Å²) in [6, 6.07) is 13.8. The minimum absolute atomic E-state index is 0.288. The molecule has 0 aliphatic carbocycles. The Labute approximate surface area is 146 Å². The maximum atomic E-state index is 12.0. The highest BCUT2D eigenvalue weighted by Gasteiger charge is 2.08. The molecule has 0 aromatic heterocycles. The molecule has 1 amide bonds. The number of hydrogen-bond donors (Lipinski definition) is 1. The lowest BCUT2D eigenvalue weighted by Gasteiger charge is -2.06. The smallest absolute Gasteiger partial charge is 0.338 e. The summed E-state index contributed by atoms with van der Waals surface area (Å²) < 4.78 is 5.08. The van der Waals surface area contributed by atoms with Gasteiger partial charge in [0.2, 0.25) is 5.91 Å². The van der Waals surface area contributed by atoms with Crippen LogP contribution in [0.4, 0.5) is 5.69 Å². The van der Waals surface area contributed by atoms with Crippen molar-refractivity contribution in [1.29, 1.82) is 0 Å². The highest BCUT2D eigenvalue weighted by atomic mass is 35.5. The van der Waals surface area contributed by atoms with Crippen molar-refractivity contribution in [3.63, 3.8) is 0 Å². The molecule has 0 fully saturated rings. The van der Waals surface area contributed by atoms with Crippen molar-refractivity contribution < 1.29 is 14.3 Å². The van der Waals surface area contributed by atoms with E-state index in [1.165, 1.54) is 6.08 Å². The van der Waals surface area contributed by atoms with Gasteiger partial charge in [-0.05, 0) is 48.4 Å². The fraction of sp³-hybridized carbons (Fsp3) is 0.158. The summed E-state index contributed by atoms with van der Waals surface area (Å²) in [5.74, 6) is -0.686. The van der Waals surface area contributed by atoms with E-state index in [0.29, 0.717) is 22.9 Å². The Hall–Kier alpha value is -2.59. The topological polar surface area (TPSA) is 55.4 Å². The number of benzene rings is 2. The van der Waals surface area contributed by atoms with Gasteiger partial charge in [0.05, 0.1) is 12.2 Å². The molecule has 5 heteroatoms. The predicted octanol–water partition coefficient (Wildman–Crippen LogP) is 4.56. The molecular weight excluding hydrogens is 326 g/mol. The molecule has 0 saturated carbocycles. The highest BCUT2D eigenvalue weighted by Crippen LogP contribution is 2.13. The summed E-state index contributed by atoms with van der Waals surface area (Å²) in [4.78, 5) is 23.8. The van der Waals surface area contributed by atoms with Gasteiger partial charge in [-0.2, -0.15) is 0 Å². The Kier molecular flexibility index (Phi) is 6.58. The minimum atomic E-state index is -0.398. The molecule has 0 spiro atoms. The van der Waals surface area contributed by atoms with Crippen LogP contribution in [0, 0.1) is 0 Å². The van der Waals surface area contributed by atoms with E-state index < -0.39 is 5.97 Å². The van der Waals surface area contributed by atoms with Crippen LogP contribution in [0.15, 0.2) is 54.6 Å². The van der Waals surface area contributed by atoms with Crippen molar-refractivity contribution >= 4 is 35.2 Å². The highest BCUT2D eigenvalue weighted by molar-refractivity contribution is 6.30. The first-order chi connectivity index (χ1) is 11.6. The van der Waals surface area contributed by atoms with Crippen LogP contribution in [0.1, 0.15) is 29.3 Å². The SMILES string of the molecule is CCCOC(=O)c1cccc(NC(=O)/C=C/c2ccc(Cl)cc2)c1. The Balaban J connectivity index is 1.98. The number of esters is 1. The summed E-state index contributed by atoms with van der Waals surface area (Å²) in [5.41, 5.74) is 1.81. The van der Waals surface area contributed by atoms with Crippen LogP contribution < -0.4 is 5.32 Å².